The first kappa shape index (κ1) is 22.7. The molecule has 1 aromatic carbocycles. The SMILES string of the molecule is CCN[C@H](C)CNC(=O)C1(C(F)(F)F)CCN(Cc2ccccc2)C1.Cl. The van der Waals surface area contributed by atoms with Crippen LogP contribution < -0.4 is 10.6 Å². The van der Waals surface area contributed by atoms with Crippen molar-refractivity contribution in [3.63, 3.8) is 0 Å². The van der Waals surface area contributed by atoms with Crippen LogP contribution in [-0.4, -0.2) is 49.2 Å². The van der Waals surface area contributed by atoms with Crippen LogP contribution in [0.3, 0.4) is 0 Å². The van der Waals surface area contributed by atoms with Gasteiger partial charge in [-0.15, -0.1) is 12.4 Å². The molecule has 1 saturated heterocycles. The van der Waals surface area contributed by atoms with Crippen LogP contribution in [0, 0.1) is 5.41 Å². The molecule has 1 aliphatic heterocycles. The molecule has 1 unspecified atom stereocenters. The predicted molar refractivity (Wildman–Crippen MR) is 98.2 cm³/mol. The number of benzene rings is 1. The summed E-state index contributed by atoms with van der Waals surface area (Å²) in [6, 6.07) is 9.28. The van der Waals surface area contributed by atoms with Gasteiger partial charge in [-0.2, -0.15) is 13.2 Å². The van der Waals surface area contributed by atoms with E-state index in [0.717, 1.165) is 5.56 Å². The van der Waals surface area contributed by atoms with Crippen LogP contribution in [0.1, 0.15) is 25.8 Å². The maximum absolute atomic E-state index is 13.7. The normalized spacial score (nSPS) is 21.9. The van der Waals surface area contributed by atoms with Crippen LogP contribution in [0.5, 0.6) is 0 Å². The van der Waals surface area contributed by atoms with Gasteiger partial charge in [0, 0.05) is 25.7 Å². The number of rotatable bonds is 7. The zero-order valence-electron chi connectivity index (χ0n) is 15.1. The first-order valence-corrected chi connectivity index (χ1v) is 8.63. The van der Waals surface area contributed by atoms with Crippen molar-refractivity contribution in [2.75, 3.05) is 26.2 Å². The van der Waals surface area contributed by atoms with E-state index in [4.69, 9.17) is 0 Å². The lowest BCUT2D eigenvalue weighted by molar-refractivity contribution is -0.218. The highest BCUT2D eigenvalue weighted by atomic mass is 35.5. The van der Waals surface area contributed by atoms with Crippen molar-refractivity contribution in [3.05, 3.63) is 35.9 Å². The Morgan fingerprint density at radius 3 is 2.54 bits per heavy atom. The van der Waals surface area contributed by atoms with Crippen molar-refractivity contribution in [2.24, 2.45) is 5.41 Å². The van der Waals surface area contributed by atoms with Gasteiger partial charge in [-0.25, -0.2) is 0 Å². The van der Waals surface area contributed by atoms with E-state index in [0.29, 0.717) is 13.1 Å². The van der Waals surface area contributed by atoms with Crippen LogP contribution in [0.25, 0.3) is 0 Å². The number of alkyl halides is 3. The Balaban J connectivity index is 0.00000338. The summed E-state index contributed by atoms with van der Waals surface area (Å²) in [4.78, 5) is 14.1. The van der Waals surface area contributed by atoms with Gasteiger partial charge in [-0.05, 0) is 32.0 Å². The molecule has 1 aliphatic rings. The minimum Gasteiger partial charge on any atom is -0.354 e. The third-order valence-corrected chi connectivity index (χ3v) is 4.70. The van der Waals surface area contributed by atoms with E-state index in [9.17, 15) is 18.0 Å². The van der Waals surface area contributed by atoms with E-state index >= 15 is 0 Å². The summed E-state index contributed by atoms with van der Waals surface area (Å²) in [5.74, 6) is -0.916. The molecule has 0 aromatic heterocycles. The van der Waals surface area contributed by atoms with E-state index in [2.05, 4.69) is 10.6 Å². The molecule has 0 radical (unpaired) electrons. The molecule has 1 fully saturated rings. The molecule has 148 valence electrons. The second-order valence-corrected chi connectivity index (χ2v) is 6.69. The quantitative estimate of drug-likeness (QED) is 0.748. The molecule has 0 saturated carbocycles. The smallest absolute Gasteiger partial charge is 0.354 e. The van der Waals surface area contributed by atoms with E-state index < -0.39 is 17.5 Å². The number of likely N-dealkylation sites (N-methyl/N-ethyl adjacent to an activating group) is 1. The van der Waals surface area contributed by atoms with Gasteiger partial charge in [0.05, 0.1) is 0 Å². The van der Waals surface area contributed by atoms with Crippen LogP contribution in [-0.2, 0) is 11.3 Å². The highest BCUT2D eigenvalue weighted by molar-refractivity contribution is 5.85. The Morgan fingerprint density at radius 1 is 1.31 bits per heavy atom. The van der Waals surface area contributed by atoms with Gasteiger partial charge in [0.1, 0.15) is 0 Å². The fraction of sp³-hybridized carbons (Fsp3) is 0.611. The zero-order chi connectivity index (χ0) is 18.5. The van der Waals surface area contributed by atoms with Crippen molar-refractivity contribution in [1.29, 1.82) is 0 Å². The van der Waals surface area contributed by atoms with Crippen LogP contribution >= 0.6 is 12.4 Å². The molecule has 0 spiro atoms. The number of halogens is 4. The number of carbonyl (C=O) groups is 1. The average molecular weight is 394 g/mol. The summed E-state index contributed by atoms with van der Waals surface area (Å²) in [6.07, 6.45) is -4.77. The summed E-state index contributed by atoms with van der Waals surface area (Å²) in [5, 5.41) is 5.57. The van der Waals surface area contributed by atoms with Gasteiger partial charge in [-0.3, -0.25) is 9.69 Å². The van der Waals surface area contributed by atoms with Crippen molar-refractivity contribution in [1.82, 2.24) is 15.5 Å². The Morgan fingerprint density at radius 2 is 1.96 bits per heavy atom. The number of nitrogens with zero attached hydrogens (tertiary/aromatic N) is 1. The summed E-state index contributed by atoms with van der Waals surface area (Å²) < 4.78 is 41.2. The second-order valence-electron chi connectivity index (χ2n) is 6.69. The van der Waals surface area contributed by atoms with Gasteiger partial charge < -0.3 is 10.6 Å². The van der Waals surface area contributed by atoms with Gasteiger partial charge in [0.15, 0.2) is 5.41 Å². The molecular weight excluding hydrogens is 367 g/mol. The number of hydrogen-bond acceptors (Lipinski definition) is 3. The third-order valence-electron chi connectivity index (χ3n) is 4.70. The van der Waals surface area contributed by atoms with Gasteiger partial charge in [0.2, 0.25) is 5.91 Å². The molecule has 4 nitrogen and oxygen atoms in total. The van der Waals surface area contributed by atoms with Crippen LogP contribution in [0.2, 0.25) is 0 Å². The summed E-state index contributed by atoms with van der Waals surface area (Å²) in [6.45, 7) is 5.00. The first-order chi connectivity index (χ1) is 11.8. The number of nitrogens with one attached hydrogen (secondary N) is 2. The molecule has 26 heavy (non-hydrogen) atoms. The molecule has 0 bridgehead atoms. The topological polar surface area (TPSA) is 44.4 Å². The van der Waals surface area contributed by atoms with Crippen molar-refractivity contribution in [2.45, 2.75) is 39.0 Å². The minimum atomic E-state index is -4.57. The molecule has 2 N–H and O–H groups in total. The van der Waals surface area contributed by atoms with Crippen molar-refractivity contribution in [3.8, 4) is 0 Å². The Kier molecular flexibility index (Phi) is 8.37. The lowest BCUT2D eigenvalue weighted by Crippen LogP contribution is -2.54. The van der Waals surface area contributed by atoms with Crippen molar-refractivity contribution >= 4 is 18.3 Å². The fourth-order valence-corrected chi connectivity index (χ4v) is 3.25. The standard InChI is InChI=1S/C18H26F3N3O.ClH/c1-3-22-14(2)11-23-16(25)17(18(19,20)21)9-10-24(13-17)12-15-7-5-4-6-8-15;/h4-8,14,22H,3,9-13H2,1-2H3,(H,23,25);1H/t14-,17?;/m1./s1. The number of amides is 1. The van der Waals surface area contributed by atoms with Crippen LogP contribution in [0.15, 0.2) is 30.3 Å². The summed E-state index contributed by atoms with van der Waals surface area (Å²) in [7, 11) is 0. The lowest BCUT2D eigenvalue weighted by atomic mass is 9.85. The molecule has 2 rings (SSSR count). The molecule has 8 heteroatoms. The Labute approximate surface area is 158 Å². The second kappa shape index (κ2) is 9.58. The summed E-state index contributed by atoms with van der Waals surface area (Å²) >= 11 is 0. The minimum absolute atomic E-state index is 0. The third kappa shape index (κ3) is 5.34. The molecule has 2 atom stereocenters. The van der Waals surface area contributed by atoms with E-state index in [-0.39, 0.29) is 44.5 Å². The predicted octanol–water partition coefficient (Wildman–Crippen LogP) is 2.98. The van der Waals surface area contributed by atoms with Gasteiger partial charge in [-0.1, -0.05) is 37.3 Å². The first-order valence-electron chi connectivity index (χ1n) is 8.63. The molecule has 0 aliphatic carbocycles. The molecule has 1 heterocycles. The Bertz CT molecular complexity index is 571. The average Bonchev–Trinajstić information content (AvgIpc) is 2.99. The van der Waals surface area contributed by atoms with E-state index in [1.807, 2.05) is 44.2 Å². The Hall–Kier alpha value is -1.31. The molecule has 1 amide bonds. The maximum atomic E-state index is 13.7. The summed E-state index contributed by atoms with van der Waals surface area (Å²) in [5.41, 5.74) is -1.38. The van der Waals surface area contributed by atoms with E-state index in [1.54, 1.807) is 4.90 Å². The van der Waals surface area contributed by atoms with Crippen LogP contribution in [0.4, 0.5) is 13.2 Å². The monoisotopic (exact) mass is 393 g/mol. The molecule has 1 aromatic rings. The van der Waals surface area contributed by atoms with Gasteiger partial charge >= 0.3 is 6.18 Å². The number of carbonyl (C=O) groups excluding carboxylic acids is 1. The number of hydrogen-bond donors (Lipinski definition) is 2. The fourth-order valence-electron chi connectivity index (χ4n) is 3.25. The van der Waals surface area contributed by atoms with E-state index in [1.165, 1.54) is 0 Å². The van der Waals surface area contributed by atoms with Crippen molar-refractivity contribution < 1.29 is 18.0 Å². The maximum Gasteiger partial charge on any atom is 0.404 e. The highest BCUT2D eigenvalue weighted by Gasteiger charge is 2.62. The number of likely N-dealkylation sites (tertiary alicyclic amines) is 1. The highest BCUT2D eigenvalue weighted by Crippen LogP contribution is 2.46. The molecular formula is C18H27ClF3N3O. The largest absolute Gasteiger partial charge is 0.404 e. The van der Waals surface area contributed by atoms with Gasteiger partial charge in [0.25, 0.3) is 0 Å². The lowest BCUT2D eigenvalue weighted by Gasteiger charge is -2.31. The zero-order valence-corrected chi connectivity index (χ0v) is 15.9.